The molecule has 1 aliphatic rings. The quantitative estimate of drug-likeness (QED) is 0.338. The number of carboxylic acids is 1. The van der Waals surface area contributed by atoms with Gasteiger partial charge in [-0.1, -0.05) is 62.1 Å². The minimum atomic E-state index is -0.856. The van der Waals surface area contributed by atoms with E-state index in [4.69, 9.17) is 9.47 Å². The summed E-state index contributed by atoms with van der Waals surface area (Å²) in [7, 11) is 0. The number of nitrogens with one attached hydrogen (secondary N) is 1. The maximum Gasteiger partial charge on any atom is 0.304 e. The Hall–Kier alpha value is -3.54. The fraction of sp³-hybridized carbons (Fsp3) is 0.400. The van der Waals surface area contributed by atoms with Crippen LogP contribution < -0.4 is 14.8 Å². The highest BCUT2D eigenvalue weighted by Crippen LogP contribution is 2.32. The number of hydrogen-bond acceptors (Lipinski definition) is 4. The van der Waals surface area contributed by atoms with E-state index in [1.54, 1.807) is 0 Å². The fourth-order valence-corrected chi connectivity index (χ4v) is 4.96. The topological polar surface area (TPSA) is 84.9 Å². The predicted octanol–water partition coefficient (Wildman–Crippen LogP) is 6.06. The number of benzene rings is 3. The average molecular weight is 490 g/mol. The number of carboxylic acid groups (broad SMARTS) is 1. The van der Waals surface area contributed by atoms with Crippen LogP contribution in [-0.2, 0) is 9.59 Å². The molecule has 190 valence electrons. The number of rotatable bonds is 10. The molecule has 1 unspecified atom stereocenters. The number of ether oxygens (including phenoxy) is 2. The molecule has 0 saturated heterocycles. The molecule has 0 heterocycles. The van der Waals surface area contributed by atoms with Gasteiger partial charge in [0.05, 0.1) is 13.0 Å². The standard InChI is InChI=1S/C30H35NO5/c1-2-35-26-14-12-22(13-15-26)28(19-30(33)34)23-10-9-21-11-16-27(18-24(21)17-23)36-20-29(32)31-25-7-5-3-4-6-8-25/h9-18,25,28H,2-8,19-20H2,1H3,(H,31,32)(H,33,34). The summed E-state index contributed by atoms with van der Waals surface area (Å²) in [6.45, 7) is 2.49. The zero-order chi connectivity index (χ0) is 25.3. The van der Waals surface area contributed by atoms with Gasteiger partial charge in [-0.2, -0.15) is 0 Å². The molecule has 0 bridgehead atoms. The summed E-state index contributed by atoms with van der Waals surface area (Å²) in [4.78, 5) is 24.1. The van der Waals surface area contributed by atoms with E-state index in [0.29, 0.717) is 12.4 Å². The Morgan fingerprint density at radius 3 is 2.22 bits per heavy atom. The molecule has 0 spiro atoms. The lowest BCUT2D eigenvalue weighted by Crippen LogP contribution is -2.37. The highest BCUT2D eigenvalue weighted by Gasteiger charge is 2.19. The molecule has 6 nitrogen and oxygen atoms in total. The Kier molecular flexibility index (Phi) is 8.82. The predicted molar refractivity (Wildman–Crippen MR) is 141 cm³/mol. The summed E-state index contributed by atoms with van der Waals surface area (Å²) in [6.07, 6.45) is 6.88. The van der Waals surface area contributed by atoms with Gasteiger partial charge < -0.3 is 19.9 Å². The molecule has 1 aliphatic carbocycles. The van der Waals surface area contributed by atoms with Gasteiger partial charge in [0.1, 0.15) is 11.5 Å². The van der Waals surface area contributed by atoms with Gasteiger partial charge in [-0.05, 0) is 65.9 Å². The van der Waals surface area contributed by atoms with Crippen molar-refractivity contribution in [1.29, 1.82) is 0 Å². The molecule has 2 N–H and O–H groups in total. The Bertz CT molecular complexity index is 1170. The van der Waals surface area contributed by atoms with Crippen LogP contribution in [0.1, 0.15) is 68.9 Å². The highest BCUT2D eigenvalue weighted by atomic mass is 16.5. The van der Waals surface area contributed by atoms with E-state index in [2.05, 4.69) is 5.32 Å². The van der Waals surface area contributed by atoms with Crippen LogP contribution >= 0.6 is 0 Å². The minimum Gasteiger partial charge on any atom is -0.494 e. The zero-order valence-electron chi connectivity index (χ0n) is 20.9. The number of carbonyl (C=O) groups is 2. The van der Waals surface area contributed by atoms with Crippen molar-refractivity contribution in [1.82, 2.24) is 5.32 Å². The first kappa shape index (κ1) is 25.5. The van der Waals surface area contributed by atoms with Crippen LogP contribution in [0.25, 0.3) is 10.8 Å². The molecule has 0 aromatic heterocycles. The van der Waals surface area contributed by atoms with Crippen molar-refractivity contribution in [3.63, 3.8) is 0 Å². The molecule has 6 heteroatoms. The summed E-state index contributed by atoms with van der Waals surface area (Å²) in [5.74, 6) is 0.140. The Morgan fingerprint density at radius 1 is 0.861 bits per heavy atom. The van der Waals surface area contributed by atoms with Gasteiger partial charge in [0.25, 0.3) is 5.91 Å². The van der Waals surface area contributed by atoms with E-state index < -0.39 is 5.97 Å². The minimum absolute atomic E-state index is 0.0168. The molecule has 1 fully saturated rings. The van der Waals surface area contributed by atoms with Gasteiger partial charge in [0.15, 0.2) is 6.61 Å². The van der Waals surface area contributed by atoms with E-state index in [-0.39, 0.29) is 30.9 Å². The first-order valence-electron chi connectivity index (χ1n) is 12.9. The summed E-state index contributed by atoms with van der Waals surface area (Å²) in [6, 6.07) is 19.6. The van der Waals surface area contributed by atoms with Gasteiger partial charge in [-0.25, -0.2) is 0 Å². The van der Waals surface area contributed by atoms with Gasteiger partial charge in [-0.15, -0.1) is 0 Å². The summed E-state index contributed by atoms with van der Waals surface area (Å²) < 4.78 is 11.3. The SMILES string of the molecule is CCOc1ccc(C(CC(=O)O)c2ccc3ccc(OCC(=O)NC4CCCCCC4)cc3c2)cc1. The van der Waals surface area contributed by atoms with Gasteiger partial charge in [0.2, 0.25) is 0 Å². The highest BCUT2D eigenvalue weighted by molar-refractivity contribution is 5.85. The van der Waals surface area contributed by atoms with Crippen LogP contribution in [0.15, 0.2) is 60.7 Å². The first-order valence-corrected chi connectivity index (χ1v) is 12.9. The Morgan fingerprint density at radius 2 is 1.53 bits per heavy atom. The Labute approximate surface area is 212 Å². The zero-order valence-corrected chi connectivity index (χ0v) is 20.9. The fourth-order valence-electron chi connectivity index (χ4n) is 4.96. The monoisotopic (exact) mass is 489 g/mol. The van der Waals surface area contributed by atoms with Crippen molar-refractivity contribution in [2.75, 3.05) is 13.2 Å². The molecule has 0 aliphatic heterocycles. The smallest absolute Gasteiger partial charge is 0.304 e. The Balaban J connectivity index is 1.48. The second-order valence-electron chi connectivity index (χ2n) is 9.47. The lowest BCUT2D eigenvalue weighted by molar-refractivity contribution is -0.137. The van der Waals surface area contributed by atoms with Crippen molar-refractivity contribution in [2.45, 2.75) is 63.8 Å². The van der Waals surface area contributed by atoms with Crippen LogP contribution in [0.5, 0.6) is 11.5 Å². The third-order valence-corrected chi connectivity index (χ3v) is 6.80. The normalized spacial score (nSPS) is 15.1. The van der Waals surface area contributed by atoms with Gasteiger partial charge in [0, 0.05) is 12.0 Å². The average Bonchev–Trinajstić information content (AvgIpc) is 3.15. The van der Waals surface area contributed by atoms with E-state index in [1.807, 2.05) is 67.6 Å². The molecule has 1 atom stereocenters. The number of aliphatic carboxylic acids is 1. The molecule has 4 rings (SSSR count). The third-order valence-electron chi connectivity index (χ3n) is 6.80. The second kappa shape index (κ2) is 12.4. The number of fused-ring (bicyclic) bond motifs is 1. The molecule has 1 amide bonds. The van der Waals surface area contributed by atoms with Crippen molar-refractivity contribution in [3.8, 4) is 11.5 Å². The van der Waals surface area contributed by atoms with E-state index in [1.165, 1.54) is 25.7 Å². The third kappa shape index (κ3) is 7.00. The van der Waals surface area contributed by atoms with Crippen LogP contribution in [-0.4, -0.2) is 36.2 Å². The molecular weight excluding hydrogens is 454 g/mol. The number of amides is 1. The molecule has 0 radical (unpaired) electrons. The van der Waals surface area contributed by atoms with Crippen LogP contribution in [0.2, 0.25) is 0 Å². The van der Waals surface area contributed by atoms with Crippen LogP contribution in [0, 0.1) is 0 Å². The molecule has 3 aromatic carbocycles. The molecule has 36 heavy (non-hydrogen) atoms. The van der Waals surface area contributed by atoms with Gasteiger partial charge >= 0.3 is 5.97 Å². The maximum absolute atomic E-state index is 12.4. The number of carbonyl (C=O) groups excluding carboxylic acids is 1. The van der Waals surface area contributed by atoms with Crippen molar-refractivity contribution >= 4 is 22.6 Å². The van der Waals surface area contributed by atoms with Crippen LogP contribution in [0.3, 0.4) is 0 Å². The summed E-state index contributed by atoms with van der Waals surface area (Å²) >= 11 is 0. The van der Waals surface area contributed by atoms with Crippen molar-refractivity contribution < 1.29 is 24.2 Å². The van der Waals surface area contributed by atoms with Gasteiger partial charge in [-0.3, -0.25) is 9.59 Å². The molecule has 3 aromatic rings. The lowest BCUT2D eigenvalue weighted by Gasteiger charge is -2.18. The van der Waals surface area contributed by atoms with Crippen LogP contribution in [0.4, 0.5) is 0 Å². The largest absolute Gasteiger partial charge is 0.494 e. The number of hydrogen-bond donors (Lipinski definition) is 2. The van der Waals surface area contributed by atoms with Crippen molar-refractivity contribution in [3.05, 3.63) is 71.8 Å². The molecule has 1 saturated carbocycles. The lowest BCUT2D eigenvalue weighted by atomic mass is 9.87. The van der Waals surface area contributed by atoms with Crippen molar-refractivity contribution in [2.24, 2.45) is 0 Å². The maximum atomic E-state index is 12.4. The summed E-state index contributed by atoms with van der Waals surface area (Å²) in [5, 5.41) is 14.6. The molecular formula is C30H35NO5. The summed E-state index contributed by atoms with van der Waals surface area (Å²) in [5.41, 5.74) is 1.83. The van der Waals surface area contributed by atoms with E-state index in [0.717, 1.165) is 40.5 Å². The van der Waals surface area contributed by atoms with E-state index >= 15 is 0 Å². The van der Waals surface area contributed by atoms with E-state index in [9.17, 15) is 14.7 Å². The first-order chi connectivity index (χ1) is 17.5. The second-order valence-corrected chi connectivity index (χ2v) is 9.47.